The number of aliphatic imine (C=N–C) groups is 1. The number of aryl methyl sites for hydroxylation is 1. The van der Waals surface area contributed by atoms with Crippen molar-refractivity contribution >= 4 is 27.6 Å². The maximum absolute atomic E-state index is 13.8. The van der Waals surface area contributed by atoms with Gasteiger partial charge in [0.15, 0.2) is 5.82 Å². The van der Waals surface area contributed by atoms with Crippen LogP contribution in [0.5, 0.6) is 0 Å². The fraction of sp³-hybridized carbons (Fsp3) is 0.469. The van der Waals surface area contributed by atoms with E-state index in [2.05, 4.69) is 16.8 Å². The summed E-state index contributed by atoms with van der Waals surface area (Å²) < 4.78 is 40.4. The summed E-state index contributed by atoms with van der Waals surface area (Å²) >= 11 is 0. The first-order chi connectivity index (χ1) is 20.2. The van der Waals surface area contributed by atoms with Gasteiger partial charge in [0.2, 0.25) is 0 Å². The number of amidine groups is 1. The van der Waals surface area contributed by atoms with Gasteiger partial charge in [-0.2, -0.15) is 0 Å². The lowest BCUT2D eigenvalue weighted by molar-refractivity contribution is -0.131. The normalized spacial score (nSPS) is 23.0. The third-order valence-electron chi connectivity index (χ3n) is 8.99. The van der Waals surface area contributed by atoms with E-state index in [9.17, 15) is 13.2 Å². The average Bonchev–Trinajstić information content (AvgIpc) is 3.37. The van der Waals surface area contributed by atoms with Gasteiger partial charge in [0.05, 0.1) is 18.0 Å². The van der Waals surface area contributed by atoms with Crippen molar-refractivity contribution < 1.29 is 22.5 Å². The molecule has 42 heavy (non-hydrogen) atoms. The van der Waals surface area contributed by atoms with Crippen LogP contribution in [0.1, 0.15) is 67.9 Å². The number of rotatable bonds is 11. The van der Waals surface area contributed by atoms with E-state index in [1.807, 2.05) is 29.2 Å². The number of nitrogens with one attached hydrogen (secondary N) is 1. The van der Waals surface area contributed by atoms with E-state index >= 15 is 0 Å². The second-order valence-electron chi connectivity index (χ2n) is 12.0. The molecule has 3 aromatic rings. The fourth-order valence-electron chi connectivity index (χ4n) is 6.52. The number of hydrogen-bond acceptors (Lipinski definition) is 7. The Kier molecular flexibility index (Phi) is 7.47. The first-order valence-electron chi connectivity index (χ1n) is 14.7. The molecule has 2 saturated carbocycles. The van der Waals surface area contributed by atoms with E-state index < -0.39 is 15.6 Å². The van der Waals surface area contributed by atoms with Crippen LogP contribution in [0.25, 0.3) is 11.1 Å². The van der Waals surface area contributed by atoms with Crippen LogP contribution in [0.4, 0.5) is 5.82 Å². The zero-order valence-corrected chi connectivity index (χ0v) is 25.5. The van der Waals surface area contributed by atoms with Crippen LogP contribution in [0.3, 0.4) is 0 Å². The minimum absolute atomic E-state index is 0.126. The highest BCUT2D eigenvalue weighted by Crippen LogP contribution is 2.59. The smallest absolute Gasteiger partial charge is 0.263 e. The molecule has 10 heteroatoms. The summed E-state index contributed by atoms with van der Waals surface area (Å²) in [4.78, 5) is 20.9. The maximum Gasteiger partial charge on any atom is 0.263 e. The first-order valence-corrected chi connectivity index (χ1v) is 16.2. The minimum atomic E-state index is -3.98. The summed E-state index contributed by atoms with van der Waals surface area (Å²) in [6, 6.07) is 12.8. The highest BCUT2D eigenvalue weighted by molar-refractivity contribution is 7.92. The van der Waals surface area contributed by atoms with Crippen molar-refractivity contribution in [1.29, 1.82) is 0 Å². The van der Waals surface area contributed by atoms with Crippen LogP contribution in [0.15, 0.2) is 56.9 Å². The number of aromatic nitrogens is 1. The van der Waals surface area contributed by atoms with Crippen LogP contribution in [0, 0.1) is 25.7 Å². The second kappa shape index (κ2) is 11.0. The Morgan fingerprint density at radius 1 is 1.12 bits per heavy atom. The highest BCUT2D eigenvalue weighted by atomic mass is 32.2. The molecule has 1 aliphatic heterocycles. The predicted octanol–water partition coefficient (Wildman–Crippen LogP) is 6.01. The number of carbonyl (C=O) groups is 1. The molecule has 2 atom stereocenters. The van der Waals surface area contributed by atoms with Gasteiger partial charge in [-0.15, -0.1) is 0 Å². The van der Waals surface area contributed by atoms with Crippen molar-refractivity contribution in [2.45, 2.75) is 82.9 Å². The molecule has 1 spiro atoms. The molecule has 6 rings (SSSR count). The summed E-state index contributed by atoms with van der Waals surface area (Å²) in [5, 5.41) is 3.87. The van der Waals surface area contributed by atoms with Crippen molar-refractivity contribution in [3.63, 3.8) is 0 Å². The molecule has 0 radical (unpaired) electrons. The average molecular weight is 591 g/mol. The molecule has 2 aliphatic carbocycles. The number of carbonyl (C=O) groups excluding carboxylic acids is 1. The Morgan fingerprint density at radius 3 is 2.57 bits per heavy atom. The van der Waals surface area contributed by atoms with Gasteiger partial charge >= 0.3 is 0 Å². The van der Waals surface area contributed by atoms with Crippen molar-refractivity contribution in [2.75, 3.05) is 11.8 Å². The molecule has 2 unspecified atom stereocenters. The molecule has 3 aliphatic rings. The van der Waals surface area contributed by atoms with Crippen molar-refractivity contribution in [3.8, 4) is 11.1 Å². The van der Waals surface area contributed by atoms with Crippen LogP contribution in [-0.2, 0) is 32.7 Å². The molecule has 1 amide bonds. The zero-order chi connectivity index (χ0) is 29.6. The standard InChI is InChI=1S/C32H38N4O5S/c1-5-6-11-29-33-32(16-23-15-24(23)17-32)31(37)36(29)18-22-12-13-26(25(14-22)19-40-4)27-9-7-8-10-28(27)42(38,39)35-30-20(2)21(3)41-34-30/h7-10,12-14,23-24H,5-6,11,15-19H2,1-4H3,(H,34,35). The molecule has 1 N–H and O–H groups in total. The Morgan fingerprint density at radius 2 is 1.88 bits per heavy atom. The van der Waals surface area contributed by atoms with Crippen molar-refractivity contribution in [1.82, 2.24) is 10.1 Å². The van der Waals surface area contributed by atoms with E-state index in [-0.39, 0.29) is 23.2 Å². The number of sulfonamides is 1. The number of amides is 1. The van der Waals surface area contributed by atoms with Gasteiger partial charge in [-0.1, -0.05) is 54.9 Å². The zero-order valence-electron chi connectivity index (χ0n) is 24.6. The molecule has 9 nitrogen and oxygen atoms in total. The Hall–Kier alpha value is -3.50. The van der Waals surface area contributed by atoms with Gasteiger partial charge in [-0.3, -0.25) is 19.4 Å². The number of unbranched alkanes of at least 4 members (excludes halogenated alkanes) is 1. The minimum Gasteiger partial charge on any atom is -0.380 e. The molecule has 0 bridgehead atoms. The topological polar surface area (TPSA) is 114 Å². The summed E-state index contributed by atoms with van der Waals surface area (Å²) in [5.74, 6) is 3.07. The Bertz CT molecular complexity index is 1650. The number of ether oxygens (including phenoxy) is 1. The van der Waals surface area contributed by atoms with E-state index in [1.54, 1.807) is 39.2 Å². The van der Waals surface area contributed by atoms with Crippen LogP contribution in [-0.4, -0.2) is 42.9 Å². The van der Waals surface area contributed by atoms with Gasteiger partial charge < -0.3 is 9.26 Å². The van der Waals surface area contributed by atoms with Gasteiger partial charge in [-0.05, 0) is 74.1 Å². The lowest BCUT2D eigenvalue weighted by Crippen LogP contribution is -2.41. The Balaban J connectivity index is 1.31. The molecule has 222 valence electrons. The first kappa shape index (κ1) is 28.6. The van der Waals surface area contributed by atoms with Crippen LogP contribution >= 0.6 is 0 Å². The predicted molar refractivity (Wildman–Crippen MR) is 160 cm³/mol. The van der Waals surface area contributed by atoms with Crippen molar-refractivity contribution in [3.05, 3.63) is 64.9 Å². The lowest BCUT2D eigenvalue weighted by atomic mass is 9.93. The highest BCUT2D eigenvalue weighted by Gasteiger charge is 2.61. The largest absolute Gasteiger partial charge is 0.380 e. The van der Waals surface area contributed by atoms with Gasteiger partial charge in [0, 0.05) is 24.7 Å². The third kappa shape index (κ3) is 5.15. The molecule has 1 aromatic heterocycles. The molecule has 2 heterocycles. The quantitative estimate of drug-likeness (QED) is 0.293. The monoisotopic (exact) mass is 590 g/mol. The van der Waals surface area contributed by atoms with E-state index in [4.69, 9.17) is 14.3 Å². The number of benzene rings is 2. The van der Waals surface area contributed by atoms with Gasteiger partial charge in [0.25, 0.3) is 15.9 Å². The molecule has 2 fully saturated rings. The molecule has 0 saturated heterocycles. The van der Waals surface area contributed by atoms with Gasteiger partial charge in [0.1, 0.15) is 17.1 Å². The fourth-order valence-corrected chi connectivity index (χ4v) is 7.80. The third-order valence-corrected chi connectivity index (χ3v) is 10.4. The SMILES string of the molecule is CCCCC1=NC2(CC3CC3C2)C(=O)N1Cc1ccc(-c2ccccc2S(=O)(=O)Nc2noc(C)c2C)c(COC)c1. The number of anilines is 1. The number of hydrogen-bond donors (Lipinski definition) is 1. The molecule has 2 aromatic carbocycles. The summed E-state index contributed by atoms with van der Waals surface area (Å²) in [6.07, 6.45) is 5.82. The summed E-state index contributed by atoms with van der Waals surface area (Å²) in [5.41, 5.74) is 3.16. The van der Waals surface area contributed by atoms with Crippen LogP contribution in [0.2, 0.25) is 0 Å². The summed E-state index contributed by atoms with van der Waals surface area (Å²) in [6.45, 7) is 6.36. The van der Waals surface area contributed by atoms with Crippen molar-refractivity contribution in [2.24, 2.45) is 16.8 Å². The summed E-state index contributed by atoms with van der Waals surface area (Å²) in [7, 11) is -2.37. The maximum atomic E-state index is 13.8. The molecular formula is C32H38N4O5S. The Labute approximate surface area is 247 Å². The number of fused-ring (bicyclic) bond motifs is 1. The van der Waals surface area contributed by atoms with E-state index in [0.29, 0.717) is 35.3 Å². The van der Waals surface area contributed by atoms with E-state index in [0.717, 1.165) is 54.6 Å². The number of methoxy groups -OCH3 is 1. The number of nitrogens with zero attached hydrogens (tertiary/aromatic N) is 3. The van der Waals surface area contributed by atoms with Gasteiger partial charge in [-0.25, -0.2) is 8.42 Å². The molecular weight excluding hydrogens is 552 g/mol. The second-order valence-corrected chi connectivity index (χ2v) is 13.6. The van der Waals surface area contributed by atoms with E-state index in [1.165, 1.54) is 6.42 Å². The van der Waals surface area contributed by atoms with Crippen LogP contribution < -0.4 is 4.72 Å². The lowest BCUT2D eigenvalue weighted by Gasteiger charge is -2.24.